The third-order valence-corrected chi connectivity index (χ3v) is 4.25. The summed E-state index contributed by atoms with van der Waals surface area (Å²) in [6.07, 6.45) is 2.19. The van der Waals surface area contributed by atoms with E-state index in [9.17, 15) is 4.79 Å². The van der Waals surface area contributed by atoms with Crippen molar-refractivity contribution in [3.63, 3.8) is 0 Å². The van der Waals surface area contributed by atoms with Gasteiger partial charge in [-0.25, -0.2) is 0 Å². The van der Waals surface area contributed by atoms with Crippen molar-refractivity contribution in [2.75, 3.05) is 32.9 Å². The van der Waals surface area contributed by atoms with E-state index in [0.29, 0.717) is 17.2 Å². The summed E-state index contributed by atoms with van der Waals surface area (Å²) in [5, 5.41) is 2.88. The molecule has 0 unspecified atom stereocenters. The number of rotatable bonds is 7. The number of nitrogens with one attached hydrogen (secondary N) is 1. The molecule has 0 radical (unpaired) electrons. The number of carbonyl (C=O) groups excluding carboxylic acids is 1. The zero-order chi connectivity index (χ0) is 17.5. The molecule has 6 heteroatoms. The average molecular weight is 347 g/mol. The maximum Gasteiger partial charge on any atom is 0.228 e. The summed E-state index contributed by atoms with van der Waals surface area (Å²) in [5.74, 6) is 1.42. The highest BCUT2D eigenvalue weighted by atomic mass is 32.2. The van der Waals surface area contributed by atoms with Gasteiger partial charge in [0.2, 0.25) is 11.7 Å². The molecule has 0 spiro atoms. The van der Waals surface area contributed by atoms with E-state index >= 15 is 0 Å². The fourth-order valence-corrected chi connectivity index (χ4v) is 2.76. The van der Waals surface area contributed by atoms with Crippen LogP contribution in [0.15, 0.2) is 41.3 Å². The monoisotopic (exact) mass is 347 g/mol. The van der Waals surface area contributed by atoms with Gasteiger partial charge in [0, 0.05) is 16.1 Å². The topological polar surface area (TPSA) is 56.8 Å². The van der Waals surface area contributed by atoms with Gasteiger partial charge in [0.05, 0.1) is 27.8 Å². The van der Waals surface area contributed by atoms with Crippen molar-refractivity contribution in [3.8, 4) is 17.2 Å². The molecule has 0 aliphatic heterocycles. The number of thioether (sulfide) groups is 1. The van der Waals surface area contributed by atoms with Gasteiger partial charge in [-0.1, -0.05) is 6.07 Å². The van der Waals surface area contributed by atoms with Crippen molar-refractivity contribution in [1.29, 1.82) is 0 Å². The van der Waals surface area contributed by atoms with Crippen LogP contribution in [0.3, 0.4) is 0 Å². The Hall–Kier alpha value is -2.34. The van der Waals surface area contributed by atoms with Crippen LogP contribution in [-0.4, -0.2) is 33.5 Å². The third kappa shape index (κ3) is 4.14. The highest BCUT2D eigenvalue weighted by molar-refractivity contribution is 7.98. The Kier molecular flexibility index (Phi) is 6.37. The minimum Gasteiger partial charge on any atom is -0.493 e. The number of carbonyl (C=O) groups is 1. The Morgan fingerprint density at radius 1 is 0.958 bits per heavy atom. The maximum atomic E-state index is 12.3. The molecule has 128 valence electrons. The fraction of sp³-hybridized carbons (Fsp3) is 0.278. The number of benzene rings is 2. The predicted octanol–water partition coefficient (Wildman–Crippen LogP) is 3.62. The van der Waals surface area contributed by atoms with E-state index in [4.69, 9.17) is 14.2 Å². The first kappa shape index (κ1) is 18.0. The van der Waals surface area contributed by atoms with E-state index in [1.165, 1.54) is 7.11 Å². The fourth-order valence-electron chi connectivity index (χ4n) is 2.35. The van der Waals surface area contributed by atoms with Gasteiger partial charge >= 0.3 is 0 Å². The van der Waals surface area contributed by atoms with Gasteiger partial charge in [-0.3, -0.25) is 4.79 Å². The van der Waals surface area contributed by atoms with Crippen LogP contribution in [0.5, 0.6) is 17.2 Å². The second-order valence-electron chi connectivity index (χ2n) is 4.95. The minimum absolute atomic E-state index is 0.127. The van der Waals surface area contributed by atoms with Crippen molar-refractivity contribution in [2.45, 2.75) is 11.3 Å². The van der Waals surface area contributed by atoms with Crippen LogP contribution in [0.25, 0.3) is 0 Å². The molecule has 0 aliphatic rings. The third-order valence-electron chi connectivity index (χ3n) is 3.51. The summed E-state index contributed by atoms with van der Waals surface area (Å²) in [5.41, 5.74) is 1.49. The van der Waals surface area contributed by atoms with Crippen LogP contribution in [-0.2, 0) is 11.2 Å². The summed E-state index contributed by atoms with van der Waals surface area (Å²) >= 11 is 1.66. The molecule has 0 bridgehead atoms. The lowest BCUT2D eigenvalue weighted by Gasteiger charge is -2.15. The zero-order valence-corrected chi connectivity index (χ0v) is 15.0. The van der Waals surface area contributed by atoms with Crippen LogP contribution < -0.4 is 19.5 Å². The Bertz CT molecular complexity index is 701. The van der Waals surface area contributed by atoms with Gasteiger partial charge in [0.1, 0.15) is 0 Å². The molecule has 0 aromatic heterocycles. The van der Waals surface area contributed by atoms with Gasteiger partial charge in [-0.2, -0.15) is 0 Å². The predicted molar refractivity (Wildman–Crippen MR) is 96.7 cm³/mol. The zero-order valence-electron chi connectivity index (χ0n) is 14.2. The summed E-state index contributed by atoms with van der Waals surface area (Å²) < 4.78 is 16.0. The lowest BCUT2D eigenvalue weighted by Crippen LogP contribution is -2.15. The van der Waals surface area contributed by atoms with Gasteiger partial charge in [0.25, 0.3) is 0 Å². The van der Waals surface area contributed by atoms with E-state index in [0.717, 1.165) is 16.1 Å². The summed E-state index contributed by atoms with van der Waals surface area (Å²) in [7, 11) is 4.64. The van der Waals surface area contributed by atoms with E-state index in [-0.39, 0.29) is 12.3 Å². The Morgan fingerprint density at radius 2 is 1.62 bits per heavy atom. The van der Waals surface area contributed by atoms with Crippen molar-refractivity contribution in [1.82, 2.24) is 0 Å². The molecule has 0 heterocycles. The van der Waals surface area contributed by atoms with Crippen LogP contribution >= 0.6 is 11.8 Å². The molecule has 0 saturated carbocycles. The Labute approximate surface area is 146 Å². The SMILES string of the molecule is COc1ccc(CC(=O)Nc2ccc(SC)cc2)c(OC)c1OC. The Balaban J connectivity index is 2.15. The maximum absolute atomic E-state index is 12.3. The molecule has 0 saturated heterocycles. The van der Waals surface area contributed by atoms with Gasteiger partial charge in [0.15, 0.2) is 11.5 Å². The summed E-state index contributed by atoms with van der Waals surface area (Å²) in [6.45, 7) is 0. The van der Waals surface area contributed by atoms with Crippen molar-refractivity contribution >= 4 is 23.4 Å². The first-order valence-corrected chi connectivity index (χ1v) is 8.57. The standard InChI is InChI=1S/C18H21NO4S/c1-21-15-10-5-12(17(22-2)18(15)23-3)11-16(20)19-13-6-8-14(24-4)9-7-13/h5-10H,11H2,1-4H3,(H,19,20). The molecular formula is C18H21NO4S. The van der Waals surface area contributed by atoms with Crippen molar-refractivity contribution in [2.24, 2.45) is 0 Å². The van der Waals surface area contributed by atoms with Crippen molar-refractivity contribution in [3.05, 3.63) is 42.0 Å². The van der Waals surface area contributed by atoms with Crippen LogP contribution in [0, 0.1) is 0 Å². The van der Waals surface area contributed by atoms with E-state index in [2.05, 4.69) is 5.32 Å². The number of methoxy groups -OCH3 is 3. The number of hydrogen-bond acceptors (Lipinski definition) is 5. The molecule has 2 aromatic rings. The highest BCUT2D eigenvalue weighted by Crippen LogP contribution is 2.39. The number of anilines is 1. The van der Waals surface area contributed by atoms with Gasteiger partial charge < -0.3 is 19.5 Å². The summed E-state index contributed by atoms with van der Waals surface area (Å²) in [6, 6.07) is 11.3. The first-order valence-electron chi connectivity index (χ1n) is 7.34. The lowest BCUT2D eigenvalue weighted by molar-refractivity contribution is -0.115. The normalized spacial score (nSPS) is 10.2. The quantitative estimate of drug-likeness (QED) is 0.775. The lowest BCUT2D eigenvalue weighted by atomic mass is 10.1. The number of ether oxygens (including phenoxy) is 3. The largest absolute Gasteiger partial charge is 0.493 e. The average Bonchev–Trinajstić information content (AvgIpc) is 2.61. The van der Waals surface area contributed by atoms with E-state index in [1.54, 1.807) is 38.1 Å². The van der Waals surface area contributed by atoms with Gasteiger partial charge in [-0.05, 0) is 36.6 Å². The smallest absolute Gasteiger partial charge is 0.228 e. The minimum atomic E-state index is -0.127. The molecule has 1 N–H and O–H groups in total. The second kappa shape index (κ2) is 8.49. The Morgan fingerprint density at radius 3 is 2.17 bits per heavy atom. The molecule has 2 aromatic carbocycles. The van der Waals surface area contributed by atoms with Crippen LogP contribution in [0.4, 0.5) is 5.69 Å². The molecule has 5 nitrogen and oxygen atoms in total. The highest BCUT2D eigenvalue weighted by Gasteiger charge is 2.17. The van der Waals surface area contributed by atoms with Gasteiger partial charge in [-0.15, -0.1) is 11.8 Å². The number of amides is 1. The van der Waals surface area contributed by atoms with Crippen LogP contribution in [0.2, 0.25) is 0 Å². The first-order chi connectivity index (χ1) is 11.6. The molecule has 1 amide bonds. The van der Waals surface area contributed by atoms with E-state index in [1.807, 2.05) is 30.5 Å². The summed E-state index contributed by atoms with van der Waals surface area (Å²) in [4.78, 5) is 13.5. The molecule has 0 aliphatic carbocycles. The van der Waals surface area contributed by atoms with Crippen molar-refractivity contribution < 1.29 is 19.0 Å². The van der Waals surface area contributed by atoms with Crippen LogP contribution in [0.1, 0.15) is 5.56 Å². The molecule has 2 rings (SSSR count). The molecule has 24 heavy (non-hydrogen) atoms. The second-order valence-corrected chi connectivity index (χ2v) is 5.83. The van der Waals surface area contributed by atoms with E-state index < -0.39 is 0 Å². The molecular weight excluding hydrogens is 326 g/mol. The molecule has 0 atom stereocenters. The number of hydrogen-bond donors (Lipinski definition) is 1. The molecule has 0 fully saturated rings.